The van der Waals surface area contributed by atoms with Crippen molar-refractivity contribution in [2.24, 2.45) is 0 Å². The smallest absolute Gasteiger partial charge is 0.123 e. The third-order valence-corrected chi connectivity index (χ3v) is 3.79. The summed E-state index contributed by atoms with van der Waals surface area (Å²) in [7, 11) is 3.93. The van der Waals surface area contributed by atoms with E-state index in [1.165, 1.54) is 11.6 Å². The van der Waals surface area contributed by atoms with Gasteiger partial charge in [-0.25, -0.2) is 4.39 Å². The normalized spacial score (nSPS) is 12.2. The summed E-state index contributed by atoms with van der Waals surface area (Å²) in [6.07, 6.45) is 4.55. The summed E-state index contributed by atoms with van der Waals surface area (Å²) in [5.41, 5.74) is 3.30. The molecular formula is C17H22FN3. The molecule has 0 saturated carbocycles. The Morgan fingerprint density at radius 2 is 1.95 bits per heavy atom. The second-order valence-electron chi connectivity index (χ2n) is 5.24. The molecule has 112 valence electrons. The zero-order valence-corrected chi connectivity index (χ0v) is 12.8. The quantitative estimate of drug-likeness (QED) is 0.884. The van der Waals surface area contributed by atoms with Gasteiger partial charge in [0.05, 0.1) is 0 Å². The summed E-state index contributed by atoms with van der Waals surface area (Å²) in [6.45, 7) is 2.91. The summed E-state index contributed by atoms with van der Waals surface area (Å²) >= 11 is 0. The lowest BCUT2D eigenvalue weighted by Gasteiger charge is -2.25. The van der Waals surface area contributed by atoms with Crippen LogP contribution in [0.1, 0.15) is 24.1 Å². The molecule has 0 amide bonds. The number of hydrogen-bond acceptors (Lipinski definition) is 3. The topological polar surface area (TPSA) is 28.2 Å². The summed E-state index contributed by atoms with van der Waals surface area (Å²) in [5.74, 6) is -0.196. The van der Waals surface area contributed by atoms with E-state index in [9.17, 15) is 4.39 Å². The van der Waals surface area contributed by atoms with Crippen LogP contribution < -0.4 is 10.2 Å². The van der Waals surface area contributed by atoms with Gasteiger partial charge in [0.15, 0.2) is 0 Å². The number of likely N-dealkylation sites (N-methyl/N-ethyl adjacent to an activating group) is 1. The number of nitrogens with one attached hydrogen (secondary N) is 1. The SMILES string of the molecule is CNC(C)c1cc(F)ccc1N(C)CCc1ccncc1. The largest absolute Gasteiger partial charge is 0.374 e. The first-order chi connectivity index (χ1) is 10.1. The van der Waals surface area contributed by atoms with Gasteiger partial charge in [-0.1, -0.05) is 0 Å². The lowest BCUT2D eigenvalue weighted by molar-refractivity contribution is 0.607. The molecule has 0 bridgehead atoms. The summed E-state index contributed by atoms with van der Waals surface area (Å²) in [5, 5.41) is 3.18. The molecule has 21 heavy (non-hydrogen) atoms. The van der Waals surface area contributed by atoms with Crippen LogP contribution in [0.4, 0.5) is 10.1 Å². The van der Waals surface area contributed by atoms with Gasteiger partial charge in [-0.3, -0.25) is 4.98 Å². The molecule has 1 heterocycles. The second kappa shape index (κ2) is 7.18. The number of aromatic nitrogens is 1. The monoisotopic (exact) mass is 287 g/mol. The van der Waals surface area contributed by atoms with E-state index in [-0.39, 0.29) is 11.9 Å². The van der Waals surface area contributed by atoms with E-state index in [4.69, 9.17) is 0 Å². The van der Waals surface area contributed by atoms with Crippen molar-refractivity contribution in [3.05, 3.63) is 59.7 Å². The molecule has 0 saturated heterocycles. The maximum absolute atomic E-state index is 13.5. The number of benzene rings is 1. The Bertz CT molecular complexity index is 572. The Hall–Kier alpha value is -1.94. The van der Waals surface area contributed by atoms with Gasteiger partial charge in [0.2, 0.25) is 0 Å². The molecule has 0 aliphatic heterocycles. The predicted octanol–water partition coefficient (Wildman–Crippen LogP) is 3.18. The number of pyridine rings is 1. The molecule has 0 aliphatic rings. The molecule has 1 atom stereocenters. The molecule has 0 radical (unpaired) electrons. The van der Waals surface area contributed by atoms with Crippen LogP contribution in [0.25, 0.3) is 0 Å². The van der Waals surface area contributed by atoms with Crippen LogP contribution >= 0.6 is 0 Å². The summed E-state index contributed by atoms with van der Waals surface area (Å²) in [6, 6.07) is 9.14. The minimum absolute atomic E-state index is 0.110. The van der Waals surface area contributed by atoms with Gasteiger partial charge in [0.25, 0.3) is 0 Å². The number of anilines is 1. The van der Waals surface area contributed by atoms with Gasteiger partial charge in [0, 0.05) is 37.7 Å². The Morgan fingerprint density at radius 3 is 2.62 bits per heavy atom. The van der Waals surface area contributed by atoms with Crippen molar-refractivity contribution in [3.63, 3.8) is 0 Å². The third kappa shape index (κ3) is 4.02. The maximum Gasteiger partial charge on any atom is 0.123 e. The fourth-order valence-electron chi connectivity index (χ4n) is 2.34. The van der Waals surface area contributed by atoms with Crippen molar-refractivity contribution in [2.45, 2.75) is 19.4 Å². The van der Waals surface area contributed by atoms with Crippen molar-refractivity contribution < 1.29 is 4.39 Å². The molecule has 0 fully saturated rings. The lowest BCUT2D eigenvalue weighted by Crippen LogP contribution is -2.24. The average Bonchev–Trinajstić information content (AvgIpc) is 2.52. The second-order valence-corrected chi connectivity index (χ2v) is 5.24. The summed E-state index contributed by atoms with van der Waals surface area (Å²) < 4.78 is 13.5. The highest BCUT2D eigenvalue weighted by molar-refractivity contribution is 5.54. The highest BCUT2D eigenvalue weighted by atomic mass is 19.1. The standard InChI is InChI=1S/C17H22FN3/c1-13(19-2)16-12-15(18)4-5-17(16)21(3)11-8-14-6-9-20-10-7-14/h4-7,9-10,12-13,19H,8,11H2,1-3H3. The molecular weight excluding hydrogens is 265 g/mol. The van der Waals surface area contributed by atoms with E-state index >= 15 is 0 Å². The molecule has 1 aromatic heterocycles. The van der Waals surface area contributed by atoms with E-state index < -0.39 is 0 Å². The molecule has 3 nitrogen and oxygen atoms in total. The number of halogens is 1. The number of rotatable bonds is 6. The van der Waals surface area contributed by atoms with Gasteiger partial charge in [-0.15, -0.1) is 0 Å². The van der Waals surface area contributed by atoms with Gasteiger partial charge >= 0.3 is 0 Å². The van der Waals surface area contributed by atoms with Crippen LogP contribution in [0.15, 0.2) is 42.7 Å². The minimum atomic E-state index is -0.196. The van der Waals surface area contributed by atoms with Gasteiger partial charge in [0.1, 0.15) is 5.82 Å². The molecule has 1 aromatic carbocycles. The first-order valence-corrected chi connectivity index (χ1v) is 7.18. The third-order valence-electron chi connectivity index (χ3n) is 3.79. The maximum atomic E-state index is 13.5. The van der Waals surface area contributed by atoms with Crippen molar-refractivity contribution in [1.82, 2.24) is 10.3 Å². The highest BCUT2D eigenvalue weighted by Gasteiger charge is 2.13. The van der Waals surface area contributed by atoms with Crippen LogP contribution in [-0.4, -0.2) is 25.6 Å². The number of nitrogens with zero attached hydrogens (tertiary/aromatic N) is 2. The van der Waals surface area contributed by atoms with Crippen molar-refractivity contribution in [1.29, 1.82) is 0 Å². The van der Waals surface area contributed by atoms with Crippen LogP contribution in [0, 0.1) is 5.82 Å². The van der Waals surface area contributed by atoms with Crippen LogP contribution in [0.2, 0.25) is 0 Å². The lowest BCUT2D eigenvalue weighted by atomic mass is 10.0. The van der Waals surface area contributed by atoms with E-state index in [1.807, 2.05) is 51.6 Å². The van der Waals surface area contributed by atoms with E-state index in [2.05, 4.69) is 15.2 Å². The van der Waals surface area contributed by atoms with Crippen LogP contribution in [0.3, 0.4) is 0 Å². The molecule has 2 aromatic rings. The fraction of sp³-hybridized carbons (Fsp3) is 0.353. The summed E-state index contributed by atoms with van der Waals surface area (Å²) in [4.78, 5) is 6.19. The Balaban J connectivity index is 2.13. The van der Waals surface area contributed by atoms with Gasteiger partial charge in [-0.05, 0) is 61.9 Å². The van der Waals surface area contributed by atoms with Gasteiger partial charge in [-0.2, -0.15) is 0 Å². The first-order valence-electron chi connectivity index (χ1n) is 7.18. The Kier molecular flexibility index (Phi) is 5.28. The zero-order chi connectivity index (χ0) is 15.2. The van der Waals surface area contributed by atoms with Crippen molar-refractivity contribution in [3.8, 4) is 0 Å². The Morgan fingerprint density at radius 1 is 1.24 bits per heavy atom. The van der Waals surface area contributed by atoms with Crippen molar-refractivity contribution >= 4 is 5.69 Å². The van der Waals surface area contributed by atoms with Crippen LogP contribution in [0.5, 0.6) is 0 Å². The fourth-order valence-corrected chi connectivity index (χ4v) is 2.34. The first kappa shape index (κ1) is 15.4. The predicted molar refractivity (Wildman–Crippen MR) is 85.1 cm³/mol. The number of hydrogen-bond donors (Lipinski definition) is 1. The molecule has 0 aliphatic carbocycles. The van der Waals surface area contributed by atoms with E-state index in [1.54, 1.807) is 6.07 Å². The molecule has 2 rings (SSSR count). The molecule has 1 N–H and O–H groups in total. The zero-order valence-electron chi connectivity index (χ0n) is 12.8. The van der Waals surface area contributed by atoms with E-state index in [0.29, 0.717) is 0 Å². The molecule has 4 heteroatoms. The van der Waals surface area contributed by atoms with Crippen LogP contribution in [-0.2, 0) is 6.42 Å². The van der Waals surface area contributed by atoms with Crippen molar-refractivity contribution in [2.75, 3.05) is 25.5 Å². The molecule has 1 unspecified atom stereocenters. The minimum Gasteiger partial charge on any atom is -0.374 e. The molecule has 0 spiro atoms. The van der Waals surface area contributed by atoms with Gasteiger partial charge < -0.3 is 10.2 Å². The van der Waals surface area contributed by atoms with E-state index in [0.717, 1.165) is 24.2 Å². The highest BCUT2D eigenvalue weighted by Crippen LogP contribution is 2.26. The Labute approximate surface area is 125 Å². The average molecular weight is 287 g/mol.